The van der Waals surface area contributed by atoms with Crippen molar-refractivity contribution in [1.82, 2.24) is 10.3 Å². The number of carbonyl (C=O) groups excluding carboxylic acids is 2. The van der Waals surface area contributed by atoms with Crippen molar-refractivity contribution in [3.8, 4) is 11.1 Å². The minimum Gasteiger partial charge on any atom is -0.460 e. The molecule has 0 radical (unpaired) electrons. The molecule has 4 rings (SSSR count). The van der Waals surface area contributed by atoms with Gasteiger partial charge in [-0.15, -0.1) is 0 Å². The van der Waals surface area contributed by atoms with E-state index < -0.39 is 17.2 Å². The van der Waals surface area contributed by atoms with Crippen LogP contribution in [0.15, 0.2) is 54.7 Å². The van der Waals surface area contributed by atoms with Crippen LogP contribution in [-0.4, -0.2) is 34.3 Å². The summed E-state index contributed by atoms with van der Waals surface area (Å²) in [6.45, 7) is 9.54. The predicted molar refractivity (Wildman–Crippen MR) is 136 cm³/mol. The minimum absolute atomic E-state index is 0.0562. The number of benzene rings is 1. The number of pyridine rings is 1. The van der Waals surface area contributed by atoms with Crippen molar-refractivity contribution in [2.75, 3.05) is 0 Å². The van der Waals surface area contributed by atoms with Gasteiger partial charge in [-0.05, 0) is 70.1 Å². The van der Waals surface area contributed by atoms with Crippen molar-refractivity contribution >= 4 is 18.1 Å². The van der Waals surface area contributed by atoms with Gasteiger partial charge < -0.3 is 14.8 Å². The van der Waals surface area contributed by atoms with E-state index in [2.05, 4.69) is 41.5 Å². The van der Waals surface area contributed by atoms with Crippen LogP contribution in [0.1, 0.15) is 59.6 Å². The second-order valence-corrected chi connectivity index (χ2v) is 10.7. The van der Waals surface area contributed by atoms with Crippen LogP contribution in [0.25, 0.3) is 17.2 Å². The highest BCUT2D eigenvalue weighted by molar-refractivity contribution is 5.88. The number of aromatic nitrogens is 1. The summed E-state index contributed by atoms with van der Waals surface area (Å²) in [5, 5.41) is 2.94. The number of amides is 1. The second-order valence-electron chi connectivity index (χ2n) is 10.7. The summed E-state index contributed by atoms with van der Waals surface area (Å²) in [4.78, 5) is 30.5. The second kappa shape index (κ2) is 9.84. The third kappa shape index (κ3) is 5.26. The van der Waals surface area contributed by atoms with Crippen LogP contribution in [-0.2, 0) is 14.3 Å². The lowest BCUT2D eigenvalue weighted by molar-refractivity contribution is -0.146. The van der Waals surface area contributed by atoms with Crippen molar-refractivity contribution in [3.05, 3.63) is 60.4 Å². The molecule has 2 heterocycles. The van der Waals surface area contributed by atoms with E-state index in [9.17, 15) is 9.59 Å². The van der Waals surface area contributed by atoms with E-state index in [-0.39, 0.29) is 23.9 Å². The van der Waals surface area contributed by atoms with E-state index >= 15 is 0 Å². The molecule has 1 N–H and O–H groups in total. The van der Waals surface area contributed by atoms with E-state index in [1.165, 1.54) is 0 Å². The van der Waals surface area contributed by atoms with Gasteiger partial charge in [-0.25, -0.2) is 9.59 Å². The molecule has 2 aliphatic rings. The van der Waals surface area contributed by atoms with Gasteiger partial charge in [-0.2, -0.15) is 0 Å². The van der Waals surface area contributed by atoms with Gasteiger partial charge in [-0.1, -0.05) is 55.8 Å². The highest BCUT2D eigenvalue weighted by atomic mass is 16.6. The molecular weight excluding hydrogens is 440 g/mol. The van der Waals surface area contributed by atoms with Gasteiger partial charge in [0, 0.05) is 17.7 Å². The van der Waals surface area contributed by atoms with E-state index in [1.54, 1.807) is 0 Å². The molecule has 2 fully saturated rings. The maximum atomic E-state index is 13.1. The van der Waals surface area contributed by atoms with Crippen LogP contribution < -0.4 is 5.32 Å². The molecule has 0 spiro atoms. The van der Waals surface area contributed by atoms with Crippen LogP contribution in [0.4, 0.5) is 4.79 Å². The standard InChI is InChI=1S/C29H36N2O4/c1-6-20-16-17-29(31-27(33)35-28(3,4)5)25(19(2)34-26(29)32)24(20)15-14-23-13-12-22(18-30-23)21-10-8-7-9-11-21/h7-15,18-20,24-25H,6,16-17H2,1-5H3,(H,31,33)/b15-14+/t19-,20?,24?,25+,29+/m1/s1. The van der Waals surface area contributed by atoms with Crippen molar-refractivity contribution in [1.29, 1.82) is 0 Å². The summed E-state index contributed by atoms with van der Waals surface area (Å²) < 4.78 is 11.2. The number of nitrogens with one attached hydrogen (secondary N) is 1. The Morgan fingerprint density at radius 3 is 2.57 bits per heavy atom. The molecule has 6 heteroatoms. The van der Waals surface area contributed by atoms with Crippen LogP contribution in [0, 0.1) is 17.8 Å². The lowest BCUT2D eigenvalue weighted by atomic mass is 9.61. The van der Waals surface area contributed by atoms with E-state index in [4.69, 9.17) is 9.47 Å². The molecule has 6 nitrogen and oxygen atoms in total. The average Bonchev–Trinajstić information content (AvgIpc) is 3.06. The first-order valence-corrected chi connectivity index (χ1v) is 12.5. The zero-order valence-corrected chi connectivity index (χ0v) is 21.3. The number of hydrogen-bond acceptors (Lipinski definition) is 5. The van der Waals surface area contributed by atoms with Gasteiger partial charge in [0.05, 0.1) is 5.69 Å². The Hall–Kier alpha value is -3.15. The highest BCUT2D eigenvalue weighted by Crippen LogP contribution is 2.50. The monoisotopic (exact) mass is 476 g/mol. The normalized spacial score (nSPS) is 28.4. The maximum Gasteiger partial charge on any atom is 0.408 e. The molecule has 1 aliphatic carbocycles. The topological polar surface area (TPSA) is 77.5 Å². The SMILES string of the molecule is CCC1CC[C@@]2(NC(=O)OC(C)(C)C)C(=O)O[C@H](C)[C@H]2C1/C=C/c1ccc(-c2ccccc2)cn1. The van der Waals surface area contributed by atoms with Crippen LogP contribution in [0.5, 0.6) is 0 Å². The van der Waals surface area contributed by atoms with Crippen LogP contribution in [0.2, 0.25) is 0 Å². The number of rotatable bonds is 5. The fourth-order valence-electron chi connectivity index (χ4n) is 5.64. The molecule has 1 aliphatic heterocycles. The van der Waals surface area contributed by atoms with Gasteiger partial charge in [0.2, 0.25) is 0 Å². The Labute approximate surface area is 208 Å². The number of nitrogens with zero attached hydrogens (tertiary/aromatic N) is 1. The predicted octanol–water partition coefficient (Wildman–Crippen LogP) is 6.02. The number of ether oxygens (including phenoxy) is 2. The van der Waals surface area contributed by atoms with Crippen molar-refractivity contribution < 1.29 is 19.1 Å². The number of hydrogen-bond donors (Lipinski definition) is 1. The van der Waals surface area contributed by atoms with Gasteiger partial charge >= 0.3 is 12.1 Å². The number of esters is 1. The minimum atomic E-state index is -1.08. The Morgan fingerprint density at radius 1 is 1.20 bits per heavy atom. The van der Waals surface area contributed by atoms with Gasteiger partial charge in [0.25, 0.3) is 0 Å². The third-order valence-electron chi connectivity index (χ3n) is 7.23. The molecule has 1 saturated heterocycles. The molecule has 2 aromatic rings. The number of alkyl carbamates (subject to hydrolysis) is 1. The zero-order valence-electron chi connectivity index (χ0n) is 21.3. The fraction of sp³-hybridized carbons (Fsp3) is 0.483. The summed E-state index contributed by atoms with van der Waals surface area (Å²) >= 11 is 0. The van der Waals surface area contributed by atoms with Crippen molar-refractivity contribution in [2.24, 2.45) is 17.8 Å². The molecule has 0 bridgehead atoms. The molecule has 1 amide bonds. The molecular formula is C29H36N2O4. The molecule has 2 unspecified atom stereocenters. The number of carbonyl (C=O) groups is 2. The number of fused-ring (bicyclic) bond motifs is 1. The van der Waals surface area contributed by atoms with Crippen molar-refractivity contribution in [2.45, 2.75) is 71.1 Å². The number of allylic oxidation sites excluding steroid dienone is 1. The van der Waals surface area contributed by atoms with Crippen LogP contribution >= 0.6 is 0 Å². The Balaban J connectivity index is 1.59. The fourth-order valence-corrected chi connectivity index (χ4v) is 5.64. The van der Waals surface area contributed by atoms with Crippen LogP contribution in [0.3, 0.4) is 0 Å². The summed E-state index contributed by atoms with van der Waals surface area (Å²) in [5.74, 6) is -0.105. The maximum absolute atomic E-state index is 13.1. The van der Waals surface area contributed by atoms with E-state index in [0.29, 0.717) is 12.3 Å². The molecule has 186 valence electrons. The van der Waals surface area contributed by atoms with Gasteiger partial charge in [-0.3, -0.25) is 4.98 Å². The Kier molecular flexibility index (Phi) is 7.02. The first-order chi connectivity index (χ1) is 16.6. The molecule has 1 saturated carbocycles. The number of cyclic esters (lactones) is 1. The van der Waals surface area contributed by atoms with Gasteiger partial charge in [0.1, 0.15) is 17.2 Å². The smallest absolute Gasteiger partial charge is 0.408 e. The first kappa shape index (κ1) is 25.0. The quantitative estimate of drug-likeness (QED) is 0.534. The molecule has 5 atom stereocenters. The van der Waals surface area contributed by atoms with Crippen molar-refractivity contribution in [3.63, 3.8) is 0 Å². The Morgan fingerprint density at radius 2 is 1.94 bits per heavy atom. The largest absolute Gasteiger partial charge is 0.460 e. The lowest BCUT2D eigenvalue weighted by Gasteiger charge is -2.45. The average molecular weight is 477 g/mol. The summed E-state index contributed by atoms with van der Waals surface area (Å²) in [7, 11) is 0. The summed E-state index contributed by atoms with van der Waals surface area (Å²) in [6.07, 6.45) is 7.53. The first-order valence-electron chi connectivity index (χ1n) is 12.5. The lowest BCUT2D eigenvalue weighted by Crippen LogP contribution is -2.62. The van der Waals surface area contributed by atoms with E-state index in [0.717, 1.165) is 29.7 Å². The molecule has 1 aromatic heterocycles. The third-order valence-corrected chi connectivity index (χ3v) is 7.23. The van der Waals surface area contributed by atoms with E-state index in [1.807, 2.05) is 64.2 Å². The molecule has 1 aromatic carbocycles. The summed E-state index contributed by atoms with van der Waals surface area (Å²) in [6, 6.07) is 14.2. The highest BCUT2D eigenvalue weighted by Gasteiger charge is 2.62. The van der Waals surface area contributed by atoms with Gasteiger partial charge in [0.15, 0.2) is 0 Å². The molecule has 35 heavy (non-hydrogen) atoms. The summed E-state index contributed by atoms with van der Waals surface area (Å²) in [5.41, 5.74) is 1.32. The Bertz CT molecular complexity index is 1070. The zero-order chi connectivity index (χ0) is 25.2.